The minimum Gasteiger partial charge on any atom is -0.328 e. The third kappa shape index (κ3) is 3.65. The quantitative estimate of drug-likeness (QED) is 0.703. The Hall–Kier alpha value is -0.0800. The topological polar surface area (TPSA) is 38.0 Å². The molecule has 0 saturated heterocycles. The molecule has 0 aromatic rings. The Morgan fingerprint density at radius 3 is 2.08 bits per heavy atom. The standard InChI is InChI=1S/C11H24N2/c1-8(2)9(3)13-11-6-4-10(12)5-7-11/h8-11,13H,4-7,12H2,1-3H3/t9?,10-,11-. The minimum atomic E-state index is 0.465. The molecule has 1 aliphatic carbocycles. The van der Waals surface area contributed by atoms with Crippen LogP contribution in [0, 0.1) is 5.92 Å². The van der Waals surface area contributed by atoms with Gasteiger partial charge in [-0.2, -0.15) is 0 Å². The summed E-state index contributed by atoms with van der Waals surface area (Å²) in [6, 6.07) is 1.82. The SMILES string of the molecule is CC(C)C(C)N[C@H]1CC[C@H](N)CC1. The summed E-state index contributed by atoms with van der Waals surface area (Å²) in [4.78, 5) is 0. The van der Waals surface area contributed by atoms with E-state index >= 15 is 0 Å². The summed E-state index contributed by atoms with van der Waals surface area (Å²) < 4.78 is 0. The summed E-state index contributed by atoms with van der Waals surface area (Å²) in [5.74, 6) is 0.732. The molecule has 0 aliphatic heterocycles. The number of hydrogen-bond acceptors (Lipinski definition) is 2. The van der Waals surface area contributed by atoms with Gasteiger partial charge in [-0.15, -0.1) is 0 Å². The molecule has 3 N–H and O–H groups in total. The Balaban J connectivity index is 2.22. The monoisotopic (exact) mass is 184 g/mol. The third-order valence-corrected chi connectivity index (χ3v) is 3.27. The van der Waals surface area contributed by atoms with Crippen LogP contribution in [-0.2, 0) is 0 Å². The van der Waals surface area contributed by atoms with E-state index in [0.717, 1.165) is 12.0 Å². The van der Waals surface area contributed by atoms with Crippen LogP contribution in [0.1, 0.15) is 46.5 Å². The summed E-state index contributed by atoms with van der Waals surface area (Å²) >= 11 is 0. The molecule has 1 fully saturated rings. The van der Waals surface area contributed by atoms with Crippen molar-refractivity contribution in [2.75, 3.05) is 0 Å². The fourth-order valence-corrected chi connectivity index (χ4v) is 1.85. The number of nitrogens with one attached hydrogen (secondary N) is 1. The first-order valence-corrected chi connectivity index (χ1v) is 5.61. The molecule has 0 radical (unpaired) electrons. The maximum absolute atomic E-state index is 5.86. The van der Waals surface area contributed by atoms with Gasteiger partial charge in [0.25, 0.3) is 0 Å². The van der Waals surface area contributed by atoms with Gasteiger partial charge in [0.1, 0.15) is 0 Å². The Morgan fingerprint density at radius 2 is 1.62 bits per heavy atom. The molecular formula is C11H24N2. The van der Waals surface area contributed by atoms with Gasteiger partial charge in [-0.3, -0.25) is 0 Å². The van der Waals surface area contributed by atoms with Gasteiger partial charge in [-0.1, -0.05) is 13.8 Å². The van der Waals surface area contributed by atoms with Gasteiger partial charge >= 0.3 is 0 Å². The number of nitrogens with two attached hydrogens (primary N) is 1. The molecule has 0 bridgehead atoms. The van der Waals surface area contributed by atoms with Crippen molar-refractivity contribution in [3.63, 3.8) is 0 Å². The summed E-state index contributed by atoms with van der Waals surface area (Å²) in [6.07, 6.45) is 4.92. The minimum absolute atomic E-state index is 0.465. The molecule has 1 aliphatic rings. The molecule has 2 nitrogen and oxygen atoms in total. The highest BCUT2D eigenvalue weighted by Gasteiger charge is 2.20. The second-order valence-electron chi connectivity index (χ2n) is 4.81. The van der Waals surface area contributed by atoms with Crippen LogP contribution in [0.25, 0.3) is 0 Å². The van der Waals surface area contributed by atoms with Gasteiger partial charge < -0.3 is 11.1 Å². The zero-order valence-electron chi connectivity index (χ0n) is 9.22. The molecular weight excluding hydrogens is 160 g/mol. The fourth-order valence-electron chi connectivity index (χ4n) is 1.85. The van der Waals surface area contributed by atoms with Crippen molar-refractivity contribution in [1.29, 1.82) is 0 Å². The Kier molecular flexibility index (Phi) is 4.20. The van der Waals surface area contributed by atoms with Crippen LogP contribution in [0.15, 0.2) is 0 Å². The molecule has 0 heterocycles. The molecule has 13 heavy (non-hydrogen) atoms. The van der Waals surface area contributed by atoms with E-state index in [-0.39, 0.29) is 0 Å². The highest BCUT2D eigenvalue weighted by Crippen LogP contribution is 2.18. The van der Waals surface area contributed by atoms with E-state index in [0.29, 0.717) is 12.1 Å². The van der Waals surface area contributed by atoms with Crippen molar-refractivity contribution in [1.82, 2.24) is 5.32 Å². The number of hydrogen-bond donors (Lipinski definition) is 2. The second kappa shape index (κ2) is 4.97. The van der Waals surface area contributed by atoms with E-state index in [2.05, 4.69) is 26.1 Å². The van der Waals surface area contributed by atoms with E-state index in [9.17, 15) is 0 Å². The normalized spacial score (nSPS) is 32.1. The predicted octanol–water partition coefficient (Wildman–Crippen LogP) is 1.89. The van der Waals surface area contributed by atoms with Gasteiger partial charge in [0, 0.05) is 18.1 Å². The molecule has 0 aromatic carbocycles. The van der Waals surface area contributed by atoms with Crippen molar-refractivity contribution < 1.29 is 0 Å². The van der Waals surface area contributed by atoms with Crippen LogP contribution in [0.3, 0.4) is 0 Å². The molecule has 2 heteroatoms. The van der Waals surface area contributed by atoms with Gasteiger partial charge in [-0.05, 0) is 38.5 Å². The molecule has 1 atom stereocenters. The largest absolute Gasteiger partial charge is 0.328 e. The third-order valence-electron chi connectivity index (χ3n) is 3.27. The number of rotatable bonds is 3. The van der Waals surface area contributed by atoms with Gasteiger partial charge in [0.05, 0.1) is 0 Å². The van der Waals surface area contributed by atoms with E-state index in [1.807, 2.05) is 0 Å². The maximum Gasteiger partial charge on any atom is 0.00708 e. The van der Waals surface area contributed by atoms with Crippen LogP contribution < -0.4 is 11.1 Å². The zero-order valence-corrected chi connectivity index (χ0v) is 9.22. The van der Waals surface area contributed by atoms with Crippen LogP contribution in [-0.4, -0.2) is 18.1 Å². The lowest BCUT2D eigenvalue weighted by molar-refractivity contribution is 0.293. The van der Waals surface area contributed by atoms with Crippen LogP contribution in [0.2, 0.25) is 0 Å². The van der Waals surface area contributed by atoms with Gasteiger partial charge in [-0.25, -0.2) is 0 Å². The fraction of sp³-hybridized carbons (Fsp3) is 1.00. The maximum atomic E-state index is 5.86. The molecule has 1 rings (SSSR count). The van der Waals surface area contributed by atoms with Gasteiger partial charge in [0.2, 0.25) is 0 Å². The smallest absolute Gasteiger partial charge is 0.00708 e. The summed E-state index contributed by atoms with van der Waals surface area (Å²) in [5, 5.41) is 3.68. The van der Waals surface area contributed by atoms with E-state index in [1.54, 1.807) is 0 Å². The second-order valence-corrected chi connectivity index (χ2v) is 4.81. The van der Waals surface area contributed by atoms with Crippen molar-refractivity contribution in [3.05, 3.63) is 0 Å². The zero-order chi connectivity index (χ0) is 9.84. The molecule has 0 amide bonds. The van der Waals surface area contributed by atoms with Crippen LogP contribution in [0.4, 0.5) is 0 Å². The lowest BCUT2D eigenvalue weighted by Gasteiger charge is -2.30. The highest BCUT2D eigenvalue weighted by molar-refractivity contribution is 4.81. The van der Waals surface area contributed by atoms with Crippen LogP contribution in [0.5, 0.6) is 0 Å². The van der Waals surface area contributed by atoms with E-state index < -0.39 is 0 Å². The van der Waals surface area contributed by atoms with Crippen molar-refractivity contribution in [2.45, 2.75) is 64.6 Å². The van der Waals surface area contributed by atoms with E-state index in [4.69, 9.17) is 5.73 Å². The highest BCUT2D eigenvalue weighted by atomic mass is 15.0. The first-order valence-electron chi connectivity index (χ1n) is 5.61. The Labute approximate surface area is 82.3 Å². The summed E-state index contributed by atoms with van der Waals surface area (Å²) in [6.45, 7) is 6.82. The Morgan fingerprint density at radius 1 is 1.08 bits per heavy atom. The summed E-state index contributed by atoms with van der Waals surface area (Å²) in [7, 11) is 0. The van der Waals surface area contributed by atoms with Crippen molar-refractivity contribution >= 4 is 0 Å². The molecule has 0 spiro atoms. The van der Waals surface area contributed by atoms with Gasteiger partial charge in [0.15, 0.2) is 0 Å². The summed E-state index contributed by atoms with van der Waals surface area (Å²) in [5.41, 5.74) is 5.86. The predicted molar refractivity (Wildman–Crippen MR) is 57.7 cm³/mol. The van der Waals surface area contributed by atoms with Crippen LogP contribution >= 0.6 is 0 Å². The first-order chi connectivity index (χ1) is 6.09. The van der Waals surface area contributed by atoms with Crippen molar-refractivity contribution in [2.24, 2.45) is 11.7 Å². The average Bonchev–Trinajstić information content (AvgIpc) is 2.08. The molecule has 78 valence electrons. The molecule has 1 saturated carbocycles. The Bertz CT molecular complexity index is 137. The molecule has 0 aromatic heterocycles. The average molecular weight is 184 g/mol. The lowest BCUT2D eigenvalue weighted by Crippen LogP contribution is -2.43. The lowest BCUT2D eigenvalue weighted by atomic mass is 9.90. The van der Waals surface area contributed by atoms with Crippen molar-refractivity contribution in [3.8, 4) is 0 Å². The van der Waals surface area contributed by atoms with E-state index in [1.165, 1.54) is 25.7 Å². The first kappa shape index (κ1) is 11.0. The molecule has 1 unspecified atom stereocenters.